The lowest BCUT2D eigenvalue weighted by Gasteiger charge is -2.17. The maximum Gasteiger partial charge on any atom is 0.491 e. The molecule has 3 rings (SSSR count). The number of rotatable bonds is 5. The van der Waals surface area contributed by atoms with Crippen LogP contribution in [-0.4, -0.2) is 18.6 Å². The average molecular weight is 322 g/mol. The Bertz CT molecular complexity index is 819. The maximum atomic E-state index is 10.7. The molecule has 0 aliphatic carbocycles. The summed E-state index contributed by atoms with van der Waals surface area (Å²) >= 11 is 0. The van der Waals surface area contributed by atoms with E-state index in [4.69, 9.17) is 14.7 Å². The van der Waals surface area contributed by atoms with Crippen molar-refractivity contribution < 1.29 is 19.2 Å². The van der Waals surface area contributed by atoms with E-state index in [2.05, 4.69) is 11.4 Å². The van der Waals surface area contributed by atoms with Crippen molar-refractivity contribution in [3.8, 4) is 17.6 Å². The fourth-order valence-electron chi connectivity index (χ4n) is 2.64. The number of ether oxygens (including phenoxy) is 1. The first-order chi connectivity index (χ1) is 11.6. The van der Waals surface area contributed by atoms with Crippen LogP contribution in [0.3, 0.4) is 0 Å². The second-order valence-electron chi connectivity index (χ2n) is 5.50. The number of carbonyl (C=O) groups is 1. The molecule has 2 aromatic rings. The lowest BCUT2D eigenvalue weighted by molar-refractivity contribution is -0.110. The molecule has 120 valence electrons. The van der Waals surface area contributed by atoms with Gasteiger partial charge in [-0.2, -0.15) is 5.26 Å². The summed E-state index contributed by atoms with van der Waals surface area (Å²) < 4.78 is 11.1. The first-order valence-electron chi connectivity index (χ1n) is 7.46. The SMILES string of the molecule is CC(NC=O)c1cc(C#N)ccc1Oc1ccc2c(c1)COB2O. The normalized spacial score (nSPS) is 13.8. The summed E-state index contributed by atoms with van der Waals surface area (Å²) in [4.78, 5) is 10.7. The molecule has 2 N–H and O–H groups in total. The summed E-state index contributed by atoms with van der Waals surface area (Å²) in [5.74, 6) is 1.14. The van der Waals surface area contributed by atoms with Crippen LogP contribution in [0.2, 0.25) is 0 Å². The second-order valence-corrected chi connectivity index (χ2v) is 5.50. The van der Waals surface area contributed by atoms with Crippen molar-refractivity contribution >= 4 is 19.0 Å². The molecule has 1 heterocycles. The highest BCUT2D eigenvalue weighted by Crippen LogP contribution is 2.31. The monoisotopic (exact) mass is 322 g/mol. The highest BCUT2D eigenvalue weighted by molar-refractivity contribution is 6.61. The van der Waals surface area contributed by atoms with Crippen LogP contribution in [0, 0.1) is 11.3 Å². The van der Waals surface area contributed by atoms with Crippen LogP contribution in [-0.2, 0) is 16.1 Å². The van der Waals surface area contributed by atoms with Gasteiger partial charge in [-0.05, 0) is 48.3 Å². The zero-order chi connectivity index (χ0) is 17.1. The Balaban J connectivity index is 1.92. The molecule has 24 heavy (non-hydrogen) atoms. The van der Waals surface area contributed by atoms with Gasteiger partial charge in [0.15, 0.2) is 0 Å². The maximum absolute atomic E-state index is 10.7. The largest absolute Gasteiger partial charge is 0.491 e. The van der Waals surface area contributed by atoms with E-state index in [1.807, 2.05) is 13.0 Å². The van der Waals surface area contributed by atoms with Gasteiger partial charge in [-0.1, -0.05) is 6.07 Å². The molecule has 1 aliphatic rings. The minimum Gasteiger partial charge on any atom is -0.457 e. The summed E-state index contributed by atoms with van der Waals surface area (Å²) in [5, 5.41) is 21.4. The smallest absolute Gasteiger partial charge is 0.457 e. The Kier molecular flexibility index (Phi) is 4.51. The highest BCUT2D eigenvalue weighted by Gasteiger charge is 2.27. The molecule has 0 aromatic heterocycles. The standard InChI is InChI=1S/C17H15BN2O4/c1-11(20-10-21)15-6-12(8-19)2-5-17(15)24-14-3-4-16-13(7-14)9-23-18(16)22/h2-7,10-11,22H,9H2,1H3,(H,20,21). The van der Waals surface area contributed by atoms with Gasteiger partial charge >= 0.3 is 7.12 Å². The Labute approximate surface area is 139 Å². The Hall–Kier alpha value is -2.82. The van der Waals surface area contributed by atoms with Crippen LogP contribution in [0.25, 0.3) is 0 Å². The second kappa shape index (κ2) is 6.75. The third kappa shape index (κ3) is 3.11. The third-order valence-corrected chi connectivity index (χ3v) is 3.93. The molecule has 7 heteroatoms. The lowest BCUT2D eigenvalue weighted by atomic mass is 9.80. The molecule has 0 radical (unpaired) electrons. The van der Waals surface area contributed by atoms with Crippen molar-refractivity contribution in [2.24, 2.45) is 0 Å². The number of carbonyl (C=O) groups excluding carboxylic acids is 1. The van der Waals surface area contributed by atoms with Gasteiger partial charge < -0.3 is 19.7 Å². The van der Waals surface area contributed by atoms with E-state index in [1.165, 1.54) is 0 Å². The molecule has 1 atom stereocenters. The number of hydrogen-bond acceptors (Lipinski definition) is 5. The Morgan fingerprint density at radius 1 is 1.42 bits per heavy atom. The van der Waals surface area contributed by atoms with Gasteiger partial charge in [0.25, 0.3) is 0 Å². The van der Waals surface area contributed by atoms with Gasteiger partial charge in [-0.15, -0.1) is 0 Å². The molecule has 0 fully saturated rings. The van der Waals surface area contributed by atoms with E-state index in [9.17, 15) is 9.82 Å². The first kappa shape index (κ1) is 16.1. The van der Waals surface area contributed by atoms with E-state index in [1.54, 1.807) is 30.3 Å². The lowest BCUT2D eigenvalue weighted by Crippen LogP contribution is -2.27. The van der Waals surface area contributed by atoms with Crippen LogP contribution in [0.4, 0.5) is 0 Å². The van der Waals surface area contributed by atoms with Crippen molar-refractivity contribution in [3.05, 3.63) is 53.1 Å². The minimum absolute atomic E-state index is 0.301. The minimum atomic E-state index is -0.892. The number of amides is 1. The zero-order valence-electron chi connectivity index (χ0n) is 13.0. The summed E-state index contributed by atoms with van der Waals surface area (Å²) in [6.07, 6.45) is 0.613. The molecule has 6 nitrogen and oxygen atoms in total. The van der Waals surface area contributed by atoms with E-state index in [0.717, 1.165) is 11.0 Å². The number of fused-ring (bicyclic) bond motifs is 1. The summed E-state index contributed by atoms with van der Waals surface area (Å²) in [7, 11) is -0.892. The topological polar surface area (TPSA) is 91.6 Å². The van der Waals surface area contributed by atoms with Gasteiger partial charge in [0.1, 0.15) is 11.5 Å². The number of nitriles is 1. The molecule has 1 aliphatic heterocycles. The van der Waals surface area contributed by atoms with E-state index in [-0.39, 0.29) is 6.04 Å². The molecule has 0 bridgehead atoms. The molecule has 0 saturated carbocycles. The van der Waals surface area contributed by atoms with Crippen LogP contribution in [0.15, 0.2) is 36.4 Å². The van der Waals surface area contributed by atoms with Crippen molar-refractivity contribution in [2.45, 2.75) is 19.6 Å². The fraction of sp³-hybridized carbons (Fsp3) is 0.176. The van der Waals surface area contributed by atoms with E-state index >= 15 is 0 Å². The van der Waals surface area contributed by atoms with Crippen LogP contribution < -0.4 is 15.5 Å². The number of hydrogen-bond donors (Lipinski definition) is 2. The average Bonchev–Trinajstić information content (AvgIpc) is 2.96. The number of benzene rings is 2. The first-order valence-corrected chi connectivity index (χ1v) is 7.46. The Morgan fingerprint density at radius 2 is 2.25 bits per heavy atom. The molecule has 1 amide bonds. The number of nitrogens with zero attached hydrogens (tertiary/aromatic N) is 1. The molecular weight excluding hydrogens is 307 g/mol. The molecule has 2 aromatic carbocycles. The van der Waals surface area contributed by atoms with Crippen LogP contribution in [0.5, 0.6) is 11.5 Å². The van der Waals surface area contributed by atoms with Crippen LogP contribution in [0.1, 0.15) is 29.7 Å². The van der Waals surface area contributed by atoms with Crippen molar-refractivity contribution in [1.82, 2.24) is 5.32 Å². The third-order valence-electron chi connectivity index (χ3n) is 3.93. The predicted octanol–water partition coefficient (Wildman–Crippen LogP) is 1.38. The van der Waals surface area contributed by atoms with E-state index in [0.29, 0.717) is 35.6 Å². The zero-order valence-corrected chi connectivity index (χ0v) is 13.0. The van der Waals surface area contributed by atoms with Gasteiger partial charge in [0, 0.05) is 5.56 Å². The predicted molar refractivity (Wildman–Crippen MR) is 87.7 cm³/mol. The summed E-state index contributed by atoms with van der Waals surface area (Å²) in [6, 6.07) is 12.2. The molecule has 0 spiro atoms. The summed E-state index contributed by atoms with van der Waals surface area (Å²) in [5.41, 5.74) is 2.80. The Morgan fingerprint density at radius 3 is 3.00 bits per heavy atom. The van der Waals surface area contributed by atoms with Crippen molar-refractivity contribution in [1.29, 1.82) is 5.26 Å². The van der Waals surface area contributed by atoms with Crippen LogP contribution >= 0.6 is 0 Å². The highest BCUT2D eigenvalue weighted by atomic mass is 16.5. The van der Waals surface area contributed by atoms with Gasteiger partial charge in [0.2, 0.25) is 6.41 Å². The molecule has 0 saturated heterocycles. The molecular formula is C17H15BN2O4. The van der Waals surface area contributed by atoms with Crippen molar-refractivity contribution in [2.75, 3.05) is 0 Å². The van der Waals surface area contributed by atoms with Gasteiger partial charge in [-0.3, -0.25) is 4.79 Å². The fourth-order valence-corrected chi connectivity index (χ4v) is 2.64. The van der Waals surface area contributed by atoms with Gasteiger partial charge in [-0.25, -0.2) is 0 Å². The quantitative estimate of drug-likeness (QED) is 0.641. The summed E-state index contributed by atoms with van der Waals surface area (Å²) in [6.45, 7) is 2.14. The number of nitrogens with one attached hydrogen (secondary N) is 1. The van der Waals surface area contributed by atoms with Crippen molar-refractivity contribution in [3.63, 3.8) is 0 Å². The molecule has 1 unspecified atom stereocenters. The van der Waals surface area contributed by atoms with E-state index < -0.39 is 7.12 Å². The van der Waals surface area contributed by atoms with Gasteiger partial charge in [0.05, 0.1) is 24.3 Å².